The van der Waals surface area contributed by atoms with Gasteiger partial charge in [0.2, 0.25) is 0 Å². The Balaban J connectivity index is 1.70. The SMILES string of the molecule is O=C(O)c1ccc(CSc2ccc3c(c2)CCC3)cc1F. The van der Waals surface area contributed by atoms with Gasteiger partial charge in [-0.15, -0.1) is 11.8 Å². The fourth-order valence-electron chi connectivity index (χ4n) is 2.63. The Kier molecular flexibility index (Phi) is 3.97. The van der Waals surface area contributed by atoms with E-state index >= 15 is 0 Å². The molecular weight excluding hydrogens is 287 g/mol. The molecule has 2 aromatic rings. The Morgan fingerprint density at radius 2 is 1.95 bits per heavy atom. The predicted octanol–water partition coefficient (Wildman–Crippen LogP) is 4.30. The molecule has 1 N–H and O–H groups in total. The van der Waals surface area contributed by atoms with Gasteiger partial charge in [-0.05, 0) is 60.2 Å². The fraction of sp³-hybridized carbons (Fsp3) is 0.235. The van der Waals surface area contributed by atoms with Gasteiger partial charge in [-0.3, -0.25) is 0 Å². The molecule has 2 aromatic carbocycles. The fourth-order valence-corrected chi connectivity index (χ4v) is 3.53. The van der Waals surface area contributed by atoms with Crippen molar-refractivity contribution < 1.29 is 14.3 Å². The lowest BCUT2D eigenvalue weighted by Gasteiger charge is -2.06. The molecule has 0 atom stereocenters. The molecular formula is C17H15FO2S. The molecule has 1 aliphatic rings. The molecule has 0 radical (unpaired) electrons. The van der Waals surface area contributed by atoms with E-state index in [1.165, 1.54) is 41.0 Å². The van der Waals surface area contributed by atoms with E-state index in [1.807, 2.05) is 0 Å². The Morgan fingerprint density at radius 3 is 2.71 bits per heavy atom. The lowest BCUT2D eigenvalue weighted by molar-refractivity contribution is 0.0692. The van der Waals surface area contributed by atoms with Crippen molar-refractivity contribution in [2.24, 2.45) is 0 Å². The van der Waals surface area contributed by atoms with Crippen molar-refractivity contribution in [2.45, 2.75) is 29.9 Å². The Labute approximate surface area is 127 Å². The van der Waals surface area contributed by atoms with Gasteiger partial charge in [-0.2, -0.15) is 0 Å². The molecule has 0 spiro atoms. The zero-order valence-corrected chi connectivity index (χ0v) is 12.3. The summed E-state index contributed by atoms with van der Waals surface area (Å²) >= 11 is 1.65. The van der Waals surface area contributed by atoms with Gasteiger partial charge in [-0.1, -0.05) is 12.1 Å². The second-order valence-electron chi connectivity index (χ2n) is 5.19. The van der Waals surface area contributed by atoms with Crippen LogP contribution in [0.5, 0.6) is 0 Å². The van der Waals surface area contributed by atoms with Crippen molar-refractivity contribution in [2.75, 3.05) is 0 Å². The van der Waals surface area contributed by atoms with Gasteiger partial charge in [0.1, 0.15) is 5.82 Å². The molecule has 0 saturated carbocycles. The second kappa shape index (κ2) is 5.90. The Hall–Kier alpha value is -1.81. The van der Waals surface area contributed by atoms with Crippen molar-refractivity contribution >= 4 is 17.7 Å². The summed E-state index contributed by atoms with van der Waals surface area (Å²) in [6, 6.07) is 10.8. The minimum Gasteiger partial charge on any atom is -0.478 e. The van der Waals surface area contributed by atoms with Crippen molar-refractivity contribution in [3.8, 4) is 0 Å². The van der Waals surface area contributed by atoms with Crippen LogP contribution < -0.4 is 0 Å². The number of benzene rings is 2. The first-order chi connectivity index (χ1) is 10.1. The maximum Gasteiger partial charge on any atom is 0.338 e. The number of halogens is 1. The third-order valence-corrected chi connectivity index (χ3v) is 4.80. The molecule has 4 heteroatoms. The number of aromatic carboxylic acids is 1. The largest absolute Gasteiger partial charge is 0.478 e. The third kappa shape index (κ3) is 3.10. The average molecular weight is 302 g/mol. The number of rotatable bonds is 4. The molecule has 0 bridgehead atoms. The number of thioether (sulfide) groups is 1. The van der Waals surface area contributed by atoms with E-state index in [2.05, 4.69) is 18.2 Å². The summed E-state index contributed by atoms with van der Waals surface area (Å²) in [4.78, 5) is 12.0. The number of carboxylic acid groups (broad SMARTS) is 1. The normalized spacial score (nSPS) is 13.2. The number of fused-ring (bicyclic) bond motifs is 1. The lowest BCUT2D eigenvalue weighted by atomic mass is 10.1. The van der Waals surface area contributed by atoms with Gasteiger partial charge in [0.05, 0.1) is 5.56 Å². The molecule has 0 aliphatic heterocycles. The van der Waals surface area contributed by atoms with E-state index in [0.717, 1.165) is 12.0 Å². The topological polar surface area (TPSA) is 37.3 Å². The third-order valence-electron chi connectivity index (χ3n) is 3.74. The Morgan fingerprint density at radius 1 is 1.14 bits per heavy atom. The number of carboxylic acids is 1. The first-order valence-electron chi connectivity index (χ1n) is 6.90. The van der Waals surface area contributed by atoms with Crippen molar-refractivity contribution in [3.63, 3.8) is 0 Å². The first kappa shape index (κ1) is 14.1. The van der Waals surface area contributed by atoms with Gasteiger partial charge in [-0.25, -0.2) is 9.18 Å². The van der Waals surface area contributed by atoms with E-state index in [9.17, 15) is 9.18 Å². The zero-order chi connectivity index (χ0) is 14.8. The zero-order valence-electron chi connectivity index (χ0n) is 11.4. The molecule has 0 aromatic heterocycles. The number of aryl methyl sites for hydroxylation is 2. The second-order valence-corrected chi connectivity index (χ2v) is 6.24. The summed E-state index contributed by atoms with van der Waals surface area (Å²) in [5.41, 5.74) is 3.38. The summed E-state index contributed by atoms with van der Waals surface area (Å²) in [5.74, 6) is -1.27. The predicted molar refractivity (Wildman–Crippen MR) is 81.4 cm³/mol. The summed E-state index contributed by atoms with van der Waals surface area (Å²) in [5, 5.41) is 8.81. The molecule has 0 amide bonds. The monoisotopic (exact) mass is 302 g/mol. The highest BCUT2D eigenvalue weighted by atomic mass is 32.2. The van der Waals surface area contributed by atoms with Crippen LogP contribution in [-0.2, 0) is 18.6 Å². The van der Waals surface area contributed by atoms with Gasteiger partial charge >= 0.3 is 5.97 Å². The molecule has 2 nitrogen and oxygen atoms in total. The van der Waals surface area contributed by atoms with E-state index in [0.29, 0.717) is 5.75 Å². The summed E-state index contributed by atoms with van der Waals surface area (Å²) in [7, 11) is 0. The van der Waals surface area contributed by atoms with Crippen LogP contribution in [0.4, 0.5) is 4.39 Å². The number of carbonyl (C=O) groups is 1. The highest BCUT2D eigenvalue weighted by Gasteiger charge is 2.12. The lowest BCUT2D eigenvalue weighted by Crippen LogP contribution is -2.00. The molecule has 108 valence electrons. The van der Waals surface area contributed by atoms with Crippen LogP contribution in [0.3, 0.4) is 0 Å². The van der Waals surface area contributed by atoms with E-state index < -0.39 is 11.8 Å². The molecule has 0 fully saturated rings. The van der Waals surface area contributed by atoms with E-state index in [-0.39, 0.29) is 5.56 Å². The number of hydrogen-bond donors (Lipinski definition) is 1. The summed E-state index contributed by atoms with van der Waals surface area (Å²) in [6.45, 7) is 0. The van der Waals surface area contributed by atoms with Gasteiger partial charge in [0.25, 0.3) is 0 Å². The molecule has 0 heterocycles. The summed E-state index contributed by atoms with van der Waals surface area (Å²) < 4.78 is 13.6. The molecule has 0 unspecified atom stereocenters. The van der Waals surface area contributed by atoms with Crippen LogP contribution in [-0.4, -0.2) is 11.1 Å². The summed E-state index contributed by atoms with van der Waals surface area (Å²) in [6.07, 6.45) is 3.54. The standard InChI is InChI=1S/C17H15FO2S/c18-16-8-11(4-7-15(16)17(19)20)10-21-14-6-5-12-2-1-3-13(12)9-14/h4-9H,1-3,10H2,(H,19,20). The van der Waals surface area contributed by atoms with Crippen LogP contribution in [0.1, 0.15) is 33.5 Å². The average Bonchev–Trinajstić information content (AvgIpc) is 2.92. The van der Waals surface area contributed by atoms with Gasteiger partial charge < -0.3 is 5.11 Å². The highest BCUT2D eigenvalue weighted by Crippen LogP contribution is 2.29. The molecule has 1 aliphatic carbocycles. The maximum atomic E-state index is 13.6. The van der Waals surface area contributed by atoms with Crippen LogP contribution in [0.15, 0.2) is 41.3 Å². The molecule has 3 rings (SSSR count). The molecule has 21 heavy (non-hydrogen) atoms. The number of hydrogen-bond acceptors (Lipinski definition) is 2. The minimum absolute atomic E-state index is 0.277. The van der Waals surface area contributed by atoms with E-state index in [1.54, 1.807) is 17.8 Å². The van der Waals surface area contributed by atoms with Crippen LogP contribution in [0.2, 0.25) is 0 Å². The van der Waals surface area contributed by atoms with Crippen LogP contribution in [0.25, 0.3) is 0 Å². The van der Waals surface area contributed by atoms with E-state index in [4.69, 9.17) is 5.11 Å². The first-order valence-corrected chi connectivity index (χ1v) is 7.88. The van der Waals surface area contributed by atoms with Crippen LogP contribution in [0, 0.1) is 5.82 Å². The quantitative estimate of drug-likeness (QED) is 0.855. The Bertz CT molecular complexity index is 697. The van der Waals surface area contributed by atoms with Crippen molar-refractivity contribution in [1.29, 1.82) is 0 Å². The van der Waals surface area contributed by atoms with Crippen molar-refractivity contribution in [3.05, 3.63) is 64.5 Å². The minimum atomic E-state index is -1.23. The highest BCUT2D eigenvalue weighted by molar-refractivity contribution is 7.98. The van der Waals surface area contributed by atoms with Crippen LogP contribution >= 0.6 is 11.8 Å². The van der Waals surface area contributed by atoms with Gasteiger partial charge in [0.15, 0.2) is 0 Å². The van der Waals surface area contributed by atoms with Crippen molar-refractivity contribution in [1.82, 2.24) is 0 Å². The van der Waals surface area contributed by atoms with Gasteiger partial charge in [0, 0.05) is 10.6 Å². The smallest absolute Gasteiger partial charge is 0.338 e. The molecule has 0 saturated heterocycles. The maximum absolute atomic E-state index is 13.6.